The van der Waals surface area contributed by atoms with Gasteiger partial charge in [-0.1, -0.05) is 6.07 Å². The van der Waals surface area contributed by atoms with Crippen LogP contribution in [-0.4, -0.2) is 59.5 Å². The quantitative estimate of drug-likeness (QED) is 0.927. The molecule has 1 aromatic carbocycles. The molecule has 2 aliphatic heterocycles. The number of carbonyl (C=O) groups excluding carboxylic acids is 1. The molecule has 1 atom stereocenters. The first-order valence-corrected chi connectivity index (χ1v) is 9.00. The Morgan fingerprint density at radius 1 is 1.28 bits per heavy atom. The van der Waals surface area contributed by atoms with Crippen molar-refractivity contribution in [2.75, 3.05) is 38.0 Å². The predicted molar refractivity (Wildman–Crippen MR) is 96.0 cm³/mol. The third-order valence-corrected chi connectivity index (χ3v) is 5.12. The number of amides is 1. The van der Waals surface area contributed by atoms with Crippen LogP contribution in [0, 0.1) is 5.82 Å². The normalized spacial score (nSPS) is 21.2. The summed E-state index contributed by atoms with van der Waals surface area (Å²) in [5, 5.41) is 4.21. The summed E-state index contributed by atoms with van der Waals surface area (Å²) in [7, 11) is 0. The SMILES string of the molecule is O=C(CN1CC[C@@H](Nc2cc(F)c3ncccc3c2)C1)N1CCCC1. The molecule has 1 N–H and O–H groups in total. The third kappa shape index (κ3) is 3.58. The third-order valence-electron chi connectivity index (χ3n) is 5.12. The molecule has 5 nitrogen and oxygen atoms in total. The van der Waals surface area contributed by atoms with E-state index in [2.05, 4.69) is 15.2 Å². The Kier molecular flexibility index (Phi) is 4.53. The van der Waals surface area contributed by atoms with Crippen LogP contribution in [0.1, 0.15) is 19.3 Å². The molecule has 1 aromatic heterocycles. The highest BCUT2D eigenvalue weighted by Gasteiger charge is 2.26. The number of hydrogen-bond acceptors (Lipinski definition) is 4. The van der Waals surface area contributed by atoms with Crippen molar-refractivity contribution in [3.05, 3.63) is 36.3 Å². The number of aromatic nitrogens is 1. The molecule has 0 spiro atoms. The Hall–Kier alpha value is -2.21. The molecule has 3 heterocycles. The van der Waals surface area contributed by atoms with Crippen LogP contribution in [0.25, 0.3) is 10.9 Å². The van der Waals surface area contributed by atoms with Gasteiger partial charge in [-0.25, -0.2) is 4.39 Å². The Labute approximate surface area is 146 Å². The molecule has 25 heavy (non-hydrogen) atoms. The lowest BCUT2D eigenvalue weighted by molar-refractivity contribution is -0.131. The second kappa shape index (κ2) is 6.96. The number of likely N-dealkylation sites (tertiary alicyclic amines) is 2. The summed E-state index contributed by atoms with van der Waals surface area (Å²) in [6.45, 7) is 4.01. The van der Waals surface area contributed by atoms with Crippen molar-refractivity contribution in [1.29, 1.82) is 0 Å². The molecule has 0 radical (unpaired) electrons. The molecule has 2 aromatic rings. The van der Waals surface area contributed by atoms with Crippen LogP contribution in [0.4, 0.5) is 10.1 Å². The first-order chi connectivity index (χ1) is 12.2. The molecule has 6 heteroatoms. The number of carbonyl (C=O) groups is 1. The molecule has 2 aliphatic rings. The monoisotopic (exact) mass is 342 g/mol. The van der Waals surface area contributed by atoms with Crippen molar-refractivity contribution >= 4 is 22.5 Å². The van der Waals surface area contributed by atoms with Crippen molar-refractivity contribution in [3.63, 3.8) is 0 Å². The van der Waals surface area contributed by atoms with Gasteiger partial charge < -0.3 is 10.2 Å². The van der Waals surface area contributed by atoms with E-state index in [0.717, 1.165) is 56.5 Å². The van der Waals surface area contributed by atoms with Crippen LogP contribution >= 0.6 is 0 Å². The smallest absolute Gasteiger partial charge is 0.236 e. The lowest BCUT2D eigenvalue weighted by Crippen LogP contribution is -2.38. The molecule has 2 fully saturated rings. The van der Waals surface area contributed by atoms with Crippen molar-refractivity contribution in [2.24, 2.45) is 0 Å². The van der Waals surface area contributed by atoms with E-state index in [1.54, 1.807) is 6.20 Å². The van der Waals surface area contributed by atoms with Crippen LogP contribution in [0.2, 0.25) is 0 Å². The highest BCUT2D eigenvalue weighted by Crippen LogP contribution is 2.23. The minimum Gasteiger partial charge on any atom is -0.381 e. The molecule has 4 rings (SSSR count). The molecule has 0 saturated carbocycles. The van der Waals surface area contributed by atoms with E-state index >= 15 is 0 Å². The van der Waals surface area contributed by atoms with E-state index in [-0.39, 0.29) is 17.8 Å². The van der Waals surface area contributed by atoms with Crippen molar-refractivity contribution in [3.8, 4) is 0 Å². The molecule has 132 valence electrons. The Morgan fingerprint density at radius 3 is 2.96 bits per heavy atom. The fourth-order valence-corrected chi connectivity index (χ4v) is 3.82. The number of benzene rings is 1. The summed E-state index contributed by atoms with van der Waals surface area (Å²) in [4.78, 5) is 20.5. The van der Waals surface area contributed by atoms with E-state index in [4.69, 9.17) is 0 Å². The van der Waals surface area contributed by atoms with Gasteiger partial charge in [0.2, 0.25) is 5.91 Å². The highest BCUT2D eigenvalue weighted by molar-refractivity contribution is 5.83. The van der Waals surface area contributed by atoms with E-state index in [9.17, 15) is 9.18 Å². The number of hydrogen-bond donors (Lipinski definition) is 1. The average Bonchev–Trinajstić information content (AvgIpc) is 3.27. The second-order valence-corrected chi connectivity index (χ2v) is 6.99. The lowest BCUT2D eigenvalue weighted by atomic mass is 10.1. The topological polar surface area (TPSA) is 48.5 Å². The molecule has 0 aliphatic carbocycles. The summed E-state index contributed by atoms with van der Waals surface area (Å²) < 4.78 is 14.2. The highest BCUT2D eigenvalue weighted by atomic mass is 19.1. The van der Waals surface area contributed by atoms with Crippen LogP contribution in [0.15, 0.2) is 30.5 Å². The van der Waals surface area contributed by atoms with E-state index in [1.807, 2.05) is 23.1 Å². The first-order valence-electron chi connectivity index (χ1n) is 9.00. The summed E-state index contributed by atoms with van der Waals surface area (Å²) in [6.07, 6.45) is 4.81. The van der Waals surface area contributed by atoms with Gasteiger partial charge in [0, 0.05) is 49.5 Å². The minimum atomic E-state index is -0.306. The standard InChI is InChI=1S/C19H23FN4O/c20-17-11-16(10-14-4-3-6-21-19(14)17)22-15-5-9-23(12-15)13-18(25)24-7-1-2-8-24/h3-4,6,10-11,15,22H,1-2,5,7-9,12-13H2/t15-/m1/s1. The number of pyridine rings is 1. The van der Waals surface area contributed by atoms with Gasteiger partial charge in [-0.2, -0.15) is 0 Å². The Bertz CT molecular complexity index is 775. The number of halogens is 1. The summed E-state index contributed by atoms with van der Waals surface area (Å²) in [6, 6.07) is 7.36. The maximum absolute atomic E-state index is 14.2. The number of fused-ring (bicyclic) bond motifs is 1. The van der Waals surface area contributed by atoms with Crippen molar-refractivity contribution in [1.82, 2.24) is 14.8 Å². The largest absolute Gasteiger partial charge is 0.381 e. The van der Waals surface area contributed by atoms with E-state index < -0.39 is 0 Å². The zero-order chi connectivity index (χ0) is 17.2. The number of anilines is 1. The van der Waals surface area contributed by atoms with Crippen molar-refractivity contribution < 1.29 is 9.18 Å². The second-order valence-electron chi connectivity index (χ2n) is 6.99. The molecule has 2 saturated heterocycles. The van der Waals surface area contributed by atoms with Gasteiger partial charge >= 0.3 is 0 Å². The maximum Gasteiger partial charge on any atom is 0.236 e. The lowest BCUT2D eigenvalue weighted by Gasteiger charge is -2.21. The first kappa shape index (κ1) is 16.3. The van der Waals surface area contributed by atoms with Crippen LogP contribution in [0.5, 0.6) is 0 Å². The number of nitrogens with one attached hydrogen (secondary N) is 1. The minimum absolute atomic E-state index is 0.236. The molecule has 0 unspecified atom stereocenters. The fraction of sp³-hybridized carbons (Fsp3) is 0.474. The van der Waals surface area contributed by atoms with Crippen LogP contribution in [0.3, 0.4) is 0 Å². The van der Waals surface area contributed by atoms with Crippen molar-refractivity contribution in [2.45, 2.75) is 25.3 Å². The van der Waals surface area contributed by atoms with Gasteiger partial charge in [-0.15, -0.1) is 0 Å². The maximum atomic E-state index is 14.2. The summed E-state index contributed by atoms with van der Waals surface area (Å²) >= 11 is 0. The fourth-order valence-electron chi connectivity index (χ4n) is 3.82. The van der Waals surface area contributed by atoms with Gasteiger partial charge in [0.05, 0.1) is 6.54 Å². The van der Waals surface area contributed by atoms with Crippen LogP contribution in [-0.2, 0) is 4.79 Å². The zero-order valence-electron chi connectivity index (χ0n) is 14.2. The number of nitrogens with zero attached hydrogens (tertiary/aromatic N) is 3. The Morgan fingerprint density at radius 2 is 2.12 bits per heavy atom. The van der Waals surface area contributed by atoms with Crippen LogP contribution < -0.4 is 5.32 Å². The van der Waals surface area contributed by atoms with Gasteiger partial charge in [-0.05, 0) is 37.5 Å². The molecular weight excluding hydrogens is 319 g/mol. The number of rotatable bonds is 4. The van der Waals surface area contributed by atoms with Gasteiger partial charge in [-0.3, -0.25) is 14.7 Å². The summed E-state index contributed by atoms with van der Waals surface area (Å²) in [5.74, 6) is -0.0689. The molecular formula is C19H23FN4O. The predicted octanol–water partition coefficient (Wildman–Crippen LogP) is 2.48. The van der Waals surface area contributed by atoms with Gasteiger partial charge in [0.15, 0.2) is 5.82 Å². The van der Waals surface area contributed by atoms with Gasteiger partial charge in [0.25, 0.3) is 0 Å². The van der Waals surface area contributed by atoms with E-state index in [1.165, 1.54) is 6.07 Å². The zero-order valence-corrected chi connectivity index (χ0v) is 14.2. The average molecular weight is 342 g/mol. The molecule has 0 bridgehead atoms. The van der Waals surface area contributed by atoms with E-state index in [0.29, 0.717) is 12.1 Å². The summed E-state index contributed by atoms with van der Waals surface area (Å²) in [5.41, 5.74) is 1.17. The van der Waals surface area contributed by atoms with Gasteiger partial charge in [0.1, 0.15) is 5.52 Å². The molecule has 1 amide bonds. The Balaban J connectivity index is 1.37.